The molecule has 2 unspecified atom stereocenters. The lowest BCUT2D eigenvalue weighted by Gasteiger charge is -2.26. The van der Waals surface area contributed by atoms with Gasteiger partial charge in [-0.15, -0.1) is 0 Å². The van der Waals surface area contributed by atoms with Crippen LogP contribution in [0.4, 0.5) is 4.39 Å². The predicted octanol–water partition coefficient (Wildman–Crippen LogP) is 1.95. The third kappa shape index (κ3) is 2.66. The van der Waals surface area contributed by atoms with Crippen molar-refractivity contribution in [3.63, 3.8) is 0 Å². The number of rotatable bonds is 2. The Bertz CT molecular complexity index is 655. The molecular formula is C12H11BrFNO3S. The van der Waals surface area contributed by atoms with E-state index in [4.69, 9.17) is 0 Å². The molecule has 1 aromatic rings. The zero-order chi connectivity index (χ0) is 14.3. The highest BCUT2D eigenvalue weighted by Crippen LogP contribution is 2.43. The molecule has 1 heterocycles. The van der Waals surface area contributed by atoms with E-state index in [9.17, 15) is 23.2 Å². The van der Waals surface area contributed by atoms with Gasteiger partial charge in [-0.25, -0.2) is 12.8 Å². The van der Waals surface area contributed by atoms with Crippen LogP contribution in [0.15, 0.2) is 22.7 Å². The summed E-state index contributed by atoms with van der Waals surface area (Å²) in [7, 11) is -3.32. The maximum Gasteiger partial charge on any atom is 0.152 e. The molecule has 0 radical (unpaired) electrons. The SMILES string of the molecule is N#CC1(C(O)c2ccc(Br)c(F)c2)CCS(=O)(=O)C1. The molecule has 1 N–H and O–H groups in total. The van der Waals surface area contributed by atoms with Crippen molar-refractivity contribution >= 4 is 25.8 Å². The van der Waals surface area contributed by atoms with E-state index >= 15 is 0 Å². The normalized spacial score (nSPS) is 26.8. The van der Waals surface area contributed by atoms with E-state index < -0.39 is 32.9 Å². The van der Waals surface area contributed by atoms with Crippen LogP contribution in [0.2, 0.25) is 0 Å². The molecule has 0 spiro atoms. The third-order valence-corrected chi connectivity index (χ3v) is 5.77. The lowest BCUT2D eigenvalue weighted by atomic mass is 9.80. The van der Waals surface area contributed by atoms with Crippen LogP contribution >= 0.6 is 15.9 Å². The first kappa shape index (κ1) is 14.4. The van der Waals surface area contributed by atoms with Gasteiger partial charge in [0, 0.05) is 0 Å². The van der Waals surface area contributed by atoms with E-state index in [0.29, 0.717) is 0 Å². The van der Waals surface area contributed by atoms with E-state index in [0.717, 1.165) is 6.07 Å². The molecule has 1 fully saturated rings. The number of hydrogen-bond donors (Lipinski definition) is 1. The number of nitrogens with zero attached hydrogens (tertiary/aromatic N) is 1. The highest BCUT2D eigenvalue weighted by molar-refractivity contribution is 9.10. The van der Waals surface area contributed by atoms with Gasteiger partial charge in [-0.1, -0.05) is 6.07 Å². The quantitative estimate of drug-likeness (QED) is 0.886. The highest BCUT2D eigenvalue weighted by Gasteiger charge is 2.48. The summed E-state index contributed by atoms with van der Waals surface area (Å²) in [6.07, 6.45) is -1.26. The summed E-state index contributed by atoms with van der Waals surface area (Å²) >= 11 is 2.99. The number of aliphatic hydroxyl groups excluding tert-OH is 1. The number of nitriles is 1. The Morgan fingerprint density at radius 1 is 1.53 bits per heavy atom. The minimum atomic E-state index is -3.32. The van der Waals surface area contributed by atoms with Crippen molar-refractivity contribution in [2.45, 2.75) is 12.5 Å². The second-order valence-electron chi connectivity index (χ2n) is 4.69. The minimum Gasteiger partial charge on any atom is -0.387 e. The lowest BCUT2D eigenvalue weighted by Crippen LogP contribution is -2.29. The average molecular weight is 348 g/mol. The second-order valence-corrected chi connectivity index (χ2v) is 7.72. The fourth-order valence-corrected chi connectivity index (χ4v) is 4.46. The smallest absolute Gasteiger partial charge is 0.152 e. The van der Waals surface area contributed by atoms with Crippen LogP contribution in [-0.4, -0.2) is 25.0 Å². The molecule has 1 aliphatic heterocycles. The summed E-state index contributed by atoms with van der Waals surface area (Å²) in [5.41, 5.74) is -1.18. The van der Waals surface area contributed by atoms with Crippen LogP contribution in [0, 0.1) is 22.6 Å². The maximum atomic E-state index is 13.4. The van der Waals surface area contributed by atoms with Crippen LogP contribution < -0.4 is 0 Å². The van der Waals surface area contributed by atoms with Crippen molar-refractivity contribution in [1.82, 2.24) is 0 Å². The Morgan fingerprint density at radius 2 is 2.21 bits per heavy atom. The van der Waals surface area contributed by atoms with Gasteiger partial charge in [-0.2, -0.15) is 5.26 Å². The summed E-state index contributed by atoms with van der Waals surface area (Å²) in [4.78, 5) is 0. The fourth-order valence-electron chi connectivity index (χ4n) is 2.24. The number of hydrogen-bond acceptors (Lipinski definition) is 4. The summed E-state index contributed by atoms with van der Waals surface area (Å²) in [6.45, 7) is 0. The summed E-state index contributed by atoms with van der Waals surface area (Å²) in [5, 5.41) is 19.5. The Labute approximate surface area is 118 Å². The monoisotopic (exact) mass is 347 g/mol. The minimum absolute atomic E-state index is 0.0602. The van der Waals surface area contributed by atoms with Gasteiger partial charge in [0.15, 0.2) is 9.84 Å². The molecule has 1 aliphatic rings. The molecule has 102 valence electrons. The van der Waals surface area contributed by atoms with E-state index in [1.807, 2.05) is 6.07 Å². The van der Waals surface area contributed by atoms with Gasteiger partial charge in [0.1, 0.15) is 11.2 Å². The molecule has 19 heavy (non-hydrogen) atoms. The Morgan fingerprint density at radius 3 is 2.68 bits per heavy atom. The molecule has 1 aromatic carbocycles. The standard InChI is InChI=1S/C12H11BrFNO3S/c13-9-2-1-8(5-10(9)14)11(16)12(6-15)3-4-19(17,18)7-12/h1-2,5,11,16H,3-4,7H2. The zero-order valence-corrected chi connectivity index (χ0v) is 12.2. The topological polar surface area (TPSA) is 78.2 Å². The lowest BCUT2D eigenvalue weighted by molar-refractivity contribution is 0.0790. The Kier molecular flexibility index (Phi) is 3.69. The highest BCUT2D eigenvalue weighted by atomic mass is 79.9. The molecule has 7 heteroatoms. The second kappa shape index (κ2) is 4.85. The van der Waals surface area contributed by atoms with E-state index in [2.05, 4.69) is 15.9 Å². The number of benzene rings is 1. The van der Waals surface area contributed by atoms with Gasteiger partial charge in [0.05, 0.1) is 28.2 Å². The van der Waals surface area contributed by atoms with Gasteiger partial charge in [0.25, 0.3) is 0 Å². The van der Waals surface area contributed by atoms with Gasteiger partial charge >= 0.3 is 0 Å². The molecule has 0 saturated carbocycles. The summed E-state index contributed by atoms with van der Waals surface area (Å²) in [5.74, 6) is -1.09. The largest absolute Gasteiger partial charge is 0.387 e. The van der Waals surface area contributed by atoms with Crippen molar-refractivity contribution in [3.8, 4) is 6.07 Å². The Balaban J connectivity index is 2.40. The maximum absolute atomic E-state index is 13.4. The average Bonchev–Trinajstić information content (AvgIpc) is 2.69. The van der Waals surface area contributed by atoms with Crippen LogP contribution in [0.3, 0.4) is 0 Å². The number of sulfone groups is 1. The van der Waals surface area contributed by atoms with Gasteiger partial charge < -0.3 is 5.11 Å². The number of halogens is 2. The van der Waals surface area contributed by atoms with Gasteiger partial charge in [0.2, 0.25) is 0 Å². The number of aliphatic hydroxyl groups is 1. The molecular weight excluding hydrogens is 337 g/mol. The van der Waals surface area contributed by atoms with Crippen molar-refractivity contribution in [3.05, 3.63) is 34.1 Å². The molecule has 4 nitrogen and oxygen atoms in total. The predicted molar refractivity (Wildman–Crippen MR) is 70.4 cm³/mol. The van der Waals surface area contributed by atoms with Crippen molar-refractivity contribution < 1.29 is 17.9 Å². The molecule has 2 atom stereocenters. The van der Waals surface area contributed by atoms with Crippen molar-refractivity contribution in [2.24, 2.45) is 5.41 Å². The van der Waals surface area contributed by atoms with Crippen LogP contribution in [0.5, 0.6) is 0 Å². The van der Waals surface area contributed by atoms with Gasteiger partial charge in [-0.05, 0) is 40.0 Å². The van der Waals surface area contributed by atoms with Crippen molar-refractivity contribution in [2.75, 3.05) is 11.5 Å². The van der Waals surface area contributed by atoms with Crippen LogP contribution in [0.1, 0.15) is 18.1 Å². The van der Waals surface area contributed by atoms with E-state index in [-0.39, 0.29) is 22.2 Å². The molecule has 2 rings (SSSR count). The van der Waals surface area contributed by atoms with E-state index in [1.165, 1.54) is 12.1 Å². The summed E-state index contributed by atoms with van der Waals surface area (Å²) in [6, 6.07) is 5.91. The first-order valence-corrected chi connectivity index (χ1v) is 8.16. The van der Waals surface area contributed by atoms with Crippen LogP contribution in [0.25, 0.3) is 0 Å². The first-order chi connectivity index (χ1) is 8.80. The summed E-state index contributed by atoms with van der Waals surface area (Å²) < 4.78 is 36.7. The van der Waals surface area contributed by atoms with Crippen molar-refractivity contribution in [1.29, 1.82) is 5.26 Å². The van der Waals surface area contributed by atoms with E-state index in [1.54, 1.807) is 0 Å². The zero-order valence-electron chi connectivity index (χ0n) is 9.81. The molecule has 0 bridgehead atoms. The first-order valence-electron chi connectivity index (χ1n) is 5.54. The third-order valence-electron chi connectivity index (χ3n) is 3.34. The molecule has 0 aliphatic carbocycles. The van der Waals surface area contributed by atoms with Gasteiger partial charge in [-0.3, -0.25) is 0 Å². The van der Waals surface area contributed by atoms with Crippen LogP contribution in [-0.2, 0) is 9.84 Å². The molecule has 0 aromatic heterocycles. The molecule has 1 saturated heterocycles. The Hall–Kier alpha value is -0.970. The fraction of sp³-hybridized carbons (Fsp3) is 0.417. The molecule has 0 amide bonds.